The molecule has 1 rings (SSSR count). The zero-order valence-electron chi connectivity index (χ0n) is 5.81. The first-order valence-electron chi connectivity index (χ1n) is 2.46. The van der Waals surface area contributed by atoms with Gasteiger partial charge in [0.15, 0.2) is 0 Å². The standard InChI is InChI=1S/C7H5Cl2.ClH.Zn/c1-5-2-6(8)4-7(9)3-5;;/h2-4H,1H2;1H;/q-1;;. The molecule has 0 bridgehead atoms. The van der Waals surface area contributed by atoms with Gasteiger partial charge in [-0.25, -0.2) is 0 Å². The minimum absolute atomic E-state index is 0. The monoisotopic (exact) mass is 259 g/mol. The molecule has 0 saturated heterocycles. The van der Waals surface area contributed by atoms with E-state index in [2.05, 4.69) is 6.92 Å². The summed E-state index contributed by atoms with van der Waals surface area (Å²) in [7, 11) is 0. The largest absolute Gasteiger partial charge is 0.199 e. The molecule has 0 spiro atoms. The Labute approximate surface area is 95.4 Å². The van der Waals surface area contributed by atoms with E-state index in [4.69, 9.17) is 23.2 Å². The molecule has 11 heavy (non-hydrogen) atoms. The molecule has 0 aliphatic rings. The van der Waals surface area contributed by atoms with Gasteiger partial charge < -0.3 is 0 Å². The van der Waals surface area contributed by atoms with E-state index in [1.807, 2.05) is 0 Å². The second kappa shape index (κ2) is 6.14. The van der Waals surface area contributed by atoms with E-state index in [-0.39, 0.29) is 31.9 Å². The van der Waals surface area contributed by atoms with Crippen molar-refractivity contribution in [2.75, 3.05) is 0 Å². The Morgan fingerprint density at radius 1 is 1.00 bits per heavy atom. The molecule has 0 N–H and O–H groups in total. The molecule has 0 aromatic heterocycles. The van der Waals surface area contributed by atoms with E-state index < -0.39 is 0 Å². The number of hydrogen-bond acceptors (Lipinski definition) is 0. The second-order valence-electron chi connectivity index (χ2n) is 1.78. The van der Waals surface area contributed by atoms with Gasteiger partial charge in [0, 0.05) is 19.5 Å². The third-order valence-electron chi connectivity index (χ3n) is 0.922. The van der Waals surface area contributed by atoms with Crippen molar-refractivity contribution in [3.63, 3.8) is 0 Å². The van der Waals surface area contributed by atoms with Crippen LogP contribution >= 0.6 is 35.6 Å². The van der Waals surface area contributed by atoms with Crippen molar-refractivity contribution in [3.8, 4) is 0 Å². The van der Waals surface area contributed by atoms with Crippen LogP contribution in [0.5, 0.6) is 0 Å². The first kappa shape index (κ1) is 14.1. The fourth-order valence-corrected chi connectivity index (χ4v) is 1.18. The average molecular weight is 262 g/mol. The van der Waals surface area contributed by atoms with E-state index >= 15 is 0 Å². The third-order valence-corrected chi connectivity index (χ3v) is 1.36. The van der Waals surface area contributed by atoms with Crippen LogP contribution in [0.25, 0.3) is 0 Å². The fraction of sp³-hybridized carbons (Fsp3) is 0. The van der Waals surface area contributed by atoms with Crippen LogP contribution in [0.3, 0.4) is 0 Å². The van der Waals surface area contributed by atoms with Gasteiger partial charge in [-0.3, -0.25) is 0 Å². The van der Waals surface area contributed by atoms with E-state index in [0.717, 1.165) is 5.56 Å². The molecule has 4 heteroatoms. The van der Waals surface area contributed by atoms with E-state index in [0.29, 0.717) is 10.0 Å². The molecule has 1 aromatic rings. The Morgan fingerprint density at radius 2 is 1.36 bits per heavy atom. The first-order valence-corrected chi connectivity index (χ1v) is 3.22. The maximum Gasteiger partial charge on any atom is 0 e. The Bertz CT molecular complexity index is 174. The van der Waals surface area contributed by atoms with Crippen molar-refractivity contribution in [1.82, 2.24) is 0 Å². The van der Waals surface area contributed by atoms with Crippen molar-refractivity contribution < 1.29 is 19.5 Å². The minimum atomic E-state index is 0. The van der Waals surface area contributed by atoms with Crippen molar-refractivity contribution in [3.05, 3.63) is 40.7 Å². The molecular formula is C7H6Cl3Zn-. The summed E-state index contributed by atoms with van der Waals surface area (Å²) in [5.74, 6) is 0. The van der Waals surface area contributed by atoms with Gasteiger partial charge >= 0.3 is 0 Å². The van der Waals surface area contributed by atoms with Crippen LogP contribution in [-0.4, -0.2) is 0 Å². The van der Waals surface area contributed by atoms with Crippen LogP contribution in [-0.2, 0) is 19.5 Å². The Hall–Kier alpha value is 0.583. The molecule has 0 nitrogen and oxygen atoms in total. The maximum absolute atomic E-state index is 5.63. The second-order valence-corrected chi connectivity index (χ2v) is 2.65. The maximum atomic E-state index is 5.63. The van der Waals surface area contributed by atoms with Crippen molar-refractivity contribution in [2.24, 2.45) is 0 Å². The Morgan fingerprint density at radius 3 is 1.64 bits per heavy atom. The minimum Gasteiger partial charge on any atom is -0.199 e. The summed E-state index contributed by atoms with van der Waals surface area (Å²) in [4.78, 5) is 0. The van der Waals surface area contributed by atoms with Gasteiger partial charge in [-0.05, 0) is 16.1 Å². The van der Waals surface area contributed by atoms with Gasteiger partial charge in [0.05, 0.1) is 0 Å². The molecule has 1 aromatic carbocycles. The summed E-state index contributed by atoms with van der Waals surface area (Å²) in [6.45, 7) is 3.67. The molecule has 0 atom stereocenters. The number of rotatable bonds is 0. The summed E-state index contributed by atoms with van der Waals surface area (Å²) in [6, 6.07) is 5.19. The van der Waals surface area contributed by atoms with Crippen LogP contribution < -0.4 is 0 Å². The van der Waals surface area contributed by atoms with E-state index in [1.54, 1.807) is 18.2 Å². The molecule has 0 fully saturated rings. The molecular weight excluding hydrogens is 256 g/mol. The van der Waals surface area contributed by atoms with Gasteiger partial charge in [0.25, 0.3) is 0 Å². The summed E-state index contributed by atoms with van der Waals surface area (Å²) in [5.41, 5.74) is 0.840. The van der Waals surface area contributed by atoms with Gasteiger partial charge in [-0.1, -0.05) is 23.2 Å². The first-order chi connectivity index (χ1) is 4.18. The zero-order valence-corrected chi connectivity index (χ0v) is 11.1. The summed E-state index contributed by atoms with van der Waals surface area (Å²) in [5, 5.41) is 1.26. The van der Waals surface area contributed by atoms with Crippen LogP contribution in [0.2, 0.25) is 10.0 Å². The van der Waals surface area contributed by atoms with Crippen LogP contribution in [0, 0.1) is 6.92 Å². The third kappa shape index (κ3) is 4.92. The SMILES string of the molecule is Cl.[CH2-]c1cc(Cl)cc(Cl)c1.[Zn]. The topological polar surface area (TPSA) is 0 Å². The number of halogens is 3. The van der Waals surface area contributed by atoms with E-state index in [1.165, 1.54) is 0 Å². The number of hydrogen-bond donors (Lipinski definition) is 0. The average Bonchev–Trinajstić information content (AvgIpc) is 1.59. The normalized spacial score (nSPS) is 7.82. The molecule has 0 aliphatic heterocycles. The summed E-state index contributed by atoms with van der Waals surface area (Å²) < 4.78 is 0. The molecule has 58 valence electrons. The Balaban J connectivity index is 0. The predicted molar refractivity (Wildman–Crippen MR) is 48.2 cm³/mol. The summed E-state index contributed by atoms with van der Waals surface area (Å²) >= 11 is 11.3. The predicted octanol–water partition coefficient (Wildman–Crippen LogP) is 3.59. The molecule has 0 amide bonds. The quantitative estimate of drug-likeness (QED) is 0.495. The molecule has 0 aliphatic carbocycles. The van der Waals surface area contributed by atoms with Gasteiger partial charge in [-0.2, -0.15) is 12.5 Å². The van der Waals surface area contributed by atoms with Crippen molar-refractivity contribution in [2.45, 2.75) is 0 Å². The van der Waals surface area contributed by atoms with Crippen molar-refractivity contribution in [1.29, 1.82) is 0 Å². The summed E-state index contributed by atoms with van der Waals surface area (Å²) in [6.07, 6.45) is 0. The number of benzene rings is 1. The molecule has 0 unspecified atom stereocenters. The zero-order chi connectivity index (χ0) is 6.85. The van der Waals surface area contributed by atoms with Crippen LogP contribution in [0.1, 0.15) is 5.56 Å². The smallest absolute Gasteiger partial charge is 0 e. The molecule has 0 saturated carbocycles. The molecule has 0 radical (unpaired) electrons. The fourth-order valence-electron chi connectivity index (χ4n) is 0.611. The van der Waals surface area contributed by atoms with Crippen molar-refractivity contribution >= 4 is 35.6 Å². The van der Waals surface area contributed by atoms with E-state index in [9.17, 15) is 0 Å². The van der Waals surface area contributed by atoms with Gasteiger partial charge in [-0.15, -0.1) is 24.5 Å². The Kier molecular flexibility index (Phi) is 7.88. The van der Waals surface area contributed by atoms with Crippen LogP contribution in [0.4, 0.5) is 0 Å². The molecule has 0 heterocycles. The van der Waals surface area contributed by atoms with Gasteiger partial charge in [0.1, 0.15) is 0 Å². The van der Waals surface area contributed by atoms with Crippen LogP contribution in [0.15, 0.2) is 18.2 Å². The van der Waals surface area contributed by atoms with Gasteiger partial charge in [0.2, 0.25) is 0 Å².